The summed E-state index contributed by atoms with van der Waals surface area (Å²) >= 11 is 0. The van der Waals surface area contributed by atoms with Gasteiger partial charge in [-0.2, -0.15) is 0 Å². The van der Waals surface area contributed by atoms with Crippen molar-refractivity contribution in [1.82, 2.24) is 25.3 Å². The maximum Gasteiger partial charge on any atom is 0.407 e. The van der Waals surface area contributed by atoms with Crippen molar-refractivity contribution in [1.29, 1.82) is 0 Å². The van der Waals surface area contributed by atoms with Gasteiger partial charge < -0.3 is 19.9 Å². The van der Waals surface area contributed by atoms with Gasteiger partial charge in [-0.1, -0.05) is 18.6 Å². The molecule has 3 atom stereocenters. The third-order valence-corrected chi connectivity index (χ3v) is 5.90. The molecular formula is C23H33N5O5. The van der Waals surface area contributed by atoms with Crippen LogP contribution in [0.5, 0.6) is 5.75 Å². The van der Waals surface area contributed by atoms with Crippen LogP contribution in [0.15, 0.2) is 12.1 Å². The van der Waals surface area contributed by atoms with Gasteiger partial charge in [-0.25, -0.2) is 14.5 Å². The number of aromatic nitrogens is 4. The average molecular weight is 460 g/mol. The number of nitrogens with one attached hydrogen (secondary N) is 1. The summed E-state index contributed by atoms with van der Waals surface area (Å²) in [7, 11) is 1.75. The molecule has 0 radical (unpaired) electrons. The lowest BCUT2D eigenvalue weighted by atomic mass is 9.87. The fraction of sp³-hybridized carbons (Fsp3) is 0.609. The van der Waals surface area contributed by atoms with Crippen LogP contribution in [0.1, 0.15) is 63.8 Å². The molecule has 180 valence electrons. The average Bonchev–Trinajstić information content (AvgIpc) is 3.14. The molecule has 2 N–H and O–H groups in total. The second-order valence-electron chi connectivity index (χ2n) is 8.59. The van der Waals surface area contributed by atoms with Crippen LogP contribution in [0.3, 0.4) is 0 Å². The minimum absolute atomic E-state index is 0.136. The molecule has 0 aliphatic heterocycles. The van der Waals surface area contributed by atoms with Crippen molar-refractivity contribution in [3.63, 3.8) is 0 Å². The van der Waals surface area contributed by atoms with E-state index in [0.717, 1.165) is 25.7 Å². The van der Waals surface area contributed by atoms with Crippen LogP contribution in [-0.4, -0.2) is 49.4 Å². The Kier molecular flexibility index (Phi) is 8.24. The van der Waals surface area contributed by atoms with E-state index >= 15 is 0 Å². The van der Waals surface area contributed by atoms with Crippen LogP contribution in [0.2, 0.25) is 0 Å². The normalized spacial score (nSPS) is 19.0. The van der Waals surface area contributed by atoms with Gasteiger partial charge in [-0.15, -0.1) is 5.10 Å². The summed E-state index contributed by atoms with van der Waals surface area (Å²) in [5.74, 6) is -0.490. The molecule has 2 aromatic heterocycles. The molecule has 0 saturated heterocycles. The van der Waals surface area contributed by atoms with Gasteiger partial charge in [0, 0.05) is 7.05 Å². The predicted octanol–water partition coefficient (Wildman–Crippen LogP) is 3.62. The van der Waals surface area contributed by atoms with Gasteiger partial charge in [0.25, 0.3) is 0 Å². The monoisotopic (exact) mass is 459 g/mol. The third kappa shape index (κ3) is 6.43. The number of carbonyl (C=O) groups excluding carboxylic acids is 1. The van der Waals surface area contributed by atoms with Gasteiger partial charge >= 0.3 is 12.1 Å². The summed E-state index contributed by atoms with van der Waals surface area (Å²) < 4.78 is 13.0. The van der Waals surface area contributed by atoms with Crippen LogP contribution in [-0.2, 0) is 23.1 Å². The first-order valence-electron chi connectivity index (χ1n) is 11.5. The number of aryl methyl sites for hydroxylation is 2. The second kappa shape index (κ2) is 11.1. The van der Waals surface area contributed by atoms with Crippen molar-refractivity contribution in [2.75, 3.05) is 0 Å². The number of aliphatic carboxylic acids is 1. The highest BCUT2D eigenvalue weighted by molar-refractivity contribution is 5.70. The fourth-order valence-corrected chi connectivity index (χ4v) is 4.08. The number of pyridine rings is 1. The van der Waals surface area contributed by atoms with Gasteiger partial charge in [0.05, 0.1) is 35.6 Å². The third-order valence-electron chi connectivity index (χ3n) is 5.90. The number of carboxylic acids is 1. The number of hydrogen-bond acceptors (Lipinski definition) is 7. The van der Waals surface area contributed by atoms with Gasteiger partial charge in [-0.05, 0) is 58.1 Å². The molecule has 1 aliphatic rings. The smallest absolute Gasteiger partial charge is 0.407 e. The van der Waals surface area contributed by atoms with E-state index in [-0.39, 0.29) is 24.7 Å². The lowest BCUT2D eigenvalue weighted by molar-refractivity contribution is -0.143. The molecular weight excluding hydrogens is 426 g/mol. The summed E-state index contributed by atoms with van der Waals surface area (Å²) in [5, 5.41) is 20.4. The van der Waals surface area contributed by atoms with Crippen molar-refractivity contribution in [3.8, 4) is 17.1 Å². The van der Waals surface area contributed by atoms with Crippen LogP contribution in [0, 0.1) is 12.8 Å². The molecule has 0 bridgehead atoms. The van der Waals surface area contributed by atoms with Crippen LogP contribution in [0.25, 0.3) is 11.4 Å². The number of carboxylic acid groups (broad SMARTS) is 1. The van der Waals surface area contributed by atoms with Crippen LogP contribution < -0.4 is 10.1 Å². The summed E-state index contributed by atoms with van der Waals surface area (Å²) in [6, 6.07) is 3.63. The Balaban J connectivity index is 1.67. The molecule has 0 spiro atoms. The molecule has 1 fully saturated rings. The minimum atomic E-state index is -0.763. The molecule has 3 rings (SSSR count). The molecule has 10 heteroatoms. The van der Waals surface area contributed by atoms with E-state index in [2.05, 4.69) is 20.6 Å². The molecule has 0 aromatic carbocycles. The van der Waals surface area contributed by atoms with Gasteiger partial charge in [0.1, 0.15) is 17.5 Å². The van der Waals surface area contributed by atoms with Crippen molar-refractivity contribution in [3.05, 3.63) is 23.5 Å². The molecule has 33 heavy (non-hydrogen) atoms. The number of nitrogens with zero attached hydrogens (tertiary/aromatic N) is 4. The maximum absolute atomic E-state index is 12.1. The zero-order chi connectivity index (χ0) is 24.0. The Morgan fingerprint density at radius 2 is 2.12 bits per heavy atom. The highest BCUT2D eigenvalue weighted by atomic mass is 16.6. The molecule has 1 saturated carbocycles. The molecule has 0 unspecified atom stereocenters. The highest BCUT2D eigenvalue weighted by Crippen LogP contribution is 2.30. The van der Waals surface area contributed by atoms with Gasteiger partial charge in [0.2, 0.25) is 0 Å². The lowest BCUT2D eigenvalue weighted by Gasteiger charge is -2.27. The first-order chi connectivity index (χ1) is 15.8. The number of ether oxygens (including phenoxy) is 2. The van der Waals surface area contributed by atoms with Crippen molar-refractivity contribution in [2.24, 2.45) is 13.0 Å². The van der Waals surface area contributed by atoms with E-state index in [1.165, 1.54) is 0 Å². The van der Waals surface area contributed by atoms with Crippen molar-refractivity contribution >= 4 is 12.1 Å². The Morgan fingerprint density at radius 3 is 2.82 bits per heavy atom. The molecule has 2 heterocycles. The SMILES string of the molecule is CCC[C@H](C)OC(=O)NCc1c(-c2ccc(O[C@H]3CCC[C@H](C(=O)O)C3)c(C)n2)nnn1C. The van der Waals surface area contributed by atoms with Gasteiger partial charge in [-0.3, -0.25) is 4.79 Å². The van der Waals surface area contributed by atoms with E-state index in [9.17, 15) is 14.7 Å². The number of carbonyl (C=O) groups is 2. The van der Waals surface area contributed by atoms with Crippen LogP contribution >= 0.6 is 0 Å². The molecule has 1 amide bonds. The van der Waals surface area contributed by atoms with Crippen molar-refractivity contribution in [2.45, 2.75) is 78.0 Å². The van der Waals surface area contributed by atoms with E-state index in [1.807, 2.05) is 26.8 Å². The Hall–Kier alpha value is -3.17. The maximum atomic E-state index is 12.1. The molecule has 1 aliphatic carbocycles. The largest absolute Gasteiger partial charge is 0.489 e. The Morgan fingerprint density at radius 1 is 1.33 bits per heavy atom. The number of amides is 1. The molecule has 2 aromatic rings. The quantitative estimate of drug-likeness (QED) is 0.582. The van der Waals surface area contributed by atoms with E-state index in [4.69, 9.17) is 9.47 Å². The number of alkyl carbamates (subject to hydrolysis) is 1. The summed E-state index contributed by atoms with van der Waals surface area (Å²) in [6.07, 6.45) is 3.85. The van der Waals surface area contributed by atoms with Crippen molar-refractivity contribution < 1.29 is 24.2 Å². The van der Waals surface area contributed by atoms with Crippen LogP contribution in [0.4, 0.5) is 4.79 Å². The zero-order valence-electron chi connectivity index (χ0n) is 19.7. The lowest BCUT2D eigenvalue weighted by Crippen LogP contribution is -2.29. The zero-order valence-corrected chi connectivity index (χ0v) is 19.7. The fourth-order valence-electron chi connectivity index (χ4n) is 4.08. The number of rotatable bonds is 9. The standard InChI is InChI=1S/C23H33N5O5/c1-5-7-14(2)32-23(31)24-13-19-21(26-27-28(19)4)18-10-11-20(15(3)25-18)33-17-9-6-8-16(12-17)22(29)30/h10-11,14,16-17H,5-9,12-13H2,1-4H3,(H,24,31)(H,29,30)/t14-,16-,17-/m0/s1. The minimum Gasteiger partial charge on any atom is -0.489 e. The van der Waals surface area contributed by atoms with Gasteiger partial charge in [0.15, 0.2) is 0 Å². The highest BCUT2D eigenvalue weighted by Gasteiger charge is 2.28. The Labute approximate surface area is 193 Å². The number of hydrogen-bond donors (Lipinski definition) is 2. The first-order valence-corrected chi connectivity index (χ1v) is 11.5. The van der Waals surface area contributed by atoms with E-state index in [0.29, 0.717) is 41.4 Å². The summed E-state index contributed by atoms with van der Waals surface area (Å²) in [5.41, 5.74) is 2.57. The molecule has 10 nitrogen and oxygen atoms in total. The first kappa shape index (κ1) is 24.5. The van der Waals surface area contributed by atoms with E-state index in [1.54, 1.807) is 17.8 Å². The summed E-state index contributed by atoms with van der Waals surface area (Å²) in [6.45, 7) is 5.95. The van der Waals surface area contributed by atoms with E-state index < -0.39 is 12.1 Å². The predicted molar refractivity (Wildman–Crippen MR) is 121 cm³/mol. The topological polar surface area (TPSA) is 128 Å². The summed E-state index contributed by atoms with van der Waals surface area (Å²) in [4.78, 5) is 28.0. The Bertz CT molecular complexity index is 976. The second-order valence-corrected chi connectivity index (χ2v) is 8.59.